The fourth-order valence-corrected chi connectivity index (χ4v) is 3.39. The number of hydrogen-bond donors (Lipinski definition) is 2. The number of nitrogens with one attached hydrogen (secondary N) is 2. The summed E-state index contributed by atoms with van der Waals surface area (Å²) in [6.07, 6.45) is 0.583. The first-order chi connectivity index (χ1) is 16.6. The predicted octanol–water partition coefficient (Wildman–Crippen LogP) is 1.27. The molecular weight excluding hydrogens is 454 g/mol. The third-order valence-corrected chi connectivity index (χ3v) is 4.93. The summed E-state index contributed by atoms with van der Waals surface area (Å²) in [7, 11) is 3.39. The van der Waals surface area contributed by atoms with Crippen molar-refractivity contribution >= 4 is 40.7 Å². The minimum absolute atomic E-state index is 0.0362. The number of likely N-dealkylation sites (N-methyl/N-ethyl adjacent to an activating group) is 1. The number of rotatable bonds is 13. The largest absolute Gasteiger partial charge is 0.461 e. The quantitative estimate of drug-likeness (QED) is 0.187. The van der Waals surface area contributed by atoms with Crippen LogP contribution in [0, 0.1) is 0 Å². The Kier molecular flexibility index (Phi) is 10.3. The maximum Gasteiger partial charge on any atom is 0.328 e. The van der Waals surface area contributed by atoms with E-state index in [4.69, 9.17) is 15.0 Å². The van der Waals surface area contributed by atoms with Crippen LogP contribution in [0.25, 0.3) is 16.4 Å². The number of esters is 2. The average Bonchev–Trinajstić information content (AvgIpc) is 3.18. The summed E-state index contributed by atoms with van der Waals surface area (Å²) in [5.41, 5.74) is 10.1. The Hall–Kier alpha value is -3.82. The lowest BCUT2D eigenvalue weighted by atomic mass is 10.0. The molecule has 0 radical (unpaired) electrons. The summed E-state index contributed by atoms with van der Waals surface area (Å²) < 4.78 is 10.7. The summed E-state index contributed by atoms with van der Waals surface area (Å²) in [6.45, 7) is 3.28. The first kappa shape index (κ1) is 27.4. The number of fused-ring (bicyclic) bond motifs is 1. The second kappa shape index (κ2) is 13.2. The molecule has 1 amide bonds. The van der Waals surface area contributed by atoms with Crippen molar-refractivity contribution in [2.45, 2.75) is 51.4 Å². The number of aromatic nitrogens is 1. The van der Waals surface area contributed by atoms with Crippen LogP contribution in [-0.4, -0.2) is 83.4 Å². The van der Waals surface area contributed by atoms with Crippen molar-refractivity contribution in [3.63, 3.8) is 0 Å². The van der Waals surface area contributed by atoms with Gasteiger partial charge in [-0.25, -0.2) is 4.79 Å². The molecular formula is C24H31N5O6. The third-order valence-electron chi connectivity index (χ3n) is 4.93. The zero-order chi connectivity index (χ0) is 26.0. The van der Waals surface area contributed by atoms with Gasteiger partial charge in [-0.05, 0) is 46.0 Å². The summed E-state index contributed by atoms with van der Waals surface area (Å²) in [6, 6.07) is 6.33. The van der Waals surface area contributed by atoms with E-state index < -0.39 is 41.9 Å². The summed E-state index contributed by atoms with van der Waals surface area (Å²) >= 11 is 0. The fraction of sp³-hybridized carbons (Fsp3) is 0.458. The Balaban J connectivity index is 2.26. The molecule has 0 saturated heterocycles. The molecule has 1 unspecified atom stereocenters. The number of carbonyl (C=O) groups is 4. The molecule has 0 bridgehead atoms. The highest BCUT2D eigenvalue weighted by molar-refractivity contribution is 6.25. The Bertz CT molecular complexity index is 1100. The van der Waals surface area contributed by atoms with Gasteiger partial charge in [0.2, 0.25) is 5.78 Å². The molecule has 0 fully saturated rings. The van der Waals surface area contributed by atoms with E-state index in [1.54, 1.807) is 39.0 Å². The van der Waals surface area contributed by atoms with Gasteiger partial charge in [-0.1, -0.05) is 18.2 Å². The van der Waals surface area contributed by atoms with E-state index in [1.165, 1.54) is 0 Å². The van der Waals surface area contributed by atoms with Gasteiger partial charge < -0.3 is 25.3 Å². The van der Waals surface area contributed by atoms with Crippen LogP contribution in [0.15, 0.2) is 30.5 Å². The molecule has 11 nitrogen and oxygen atoms in total. The van der Waals surface area contributed by atoms with Gasteiger partial charge in [0.25, 0.3) is 5.91 Å². The third kappa shape index (κ3) is 8.80. The van der Waals surface area contributed by atoms with Gasteiger partial charge in [-0.3, -0.25) is 19.3 Å². The lowest BCUT2D eigenvalue weighted by Crippen LogP contribution is -2.49. The van der Waals surface area contributed by atoms with E-state index in [-0.39, 0.29) is 25.8 Å². The van der Waals surface area contributed by atoms with Crippen molar-refractivity contribution in [2.24, 2.45) is 0 Å². The second-order valence-corrected chi connectivity index (χ2v) is 8.58. The first-order valence-corrected chi connectivity index (χ1v) is 11.2. The number of H-pyrrole nitrogens is 1. The number of ketones is 1. The molecule has 0 saturated carbocycles. The standard InChI is InChI=1S/C24H31N5O6/c1-15(2)34-24(33)20(10-9-17(30)13-27-25)28-23(32)21(35-22(31)14-29(3)4)11-16-12-26-19-8-6-5-7-18(16)19/h5-8,12-13,15,20-21,26H,9-11,14H2,1-4H3,(H,28,32)/t20-,21?/m0/s1. The number of para-hydroxylation sites is 1. The SMILES string of the molecule is CC(C)OC(=O)[C@H](CCC(=O)C=[N+]=[N-])NC(=O)C(Cc1c[nH]c2ccccc12)OC(=O)CN(C)C. The monoisotopic (exact) mass is 485 g/mol. The van der Waals surface area contributed by atoms with Crippen LogP contribution in [-0.2, 0) is 35.1 Å². The fourth-order valence-electron chi connectivity index (χ4n) is 3.39. The molecule has 0 aliphatic heterocycles. The number of amides is 1. The van der Waals surface area contributed by atoms with Crippen LogP contribution < -0.4 is 5.32 Å². The second-order valence-electron chi connectivity index (χ2n) is 8.58. The lowest BCUT2D eigenvalue weighted by Gasteiger charge is -2.23. The maximum atomic E-state index is 13.2. The minimum atomic E-state index is -1.23. The number of carbonyl (C=O) groups excluding carboxylic acids is 4. The molecule has 1 aromatic heterocycles. The molecule has 1 heterocycles. The van der Waals surface area contributed by atoms with E-state index >= 15 is 0 Å². The van der Waals surface area contributed by atoms with Gasteiger partial charge >= 0.3 is 18.2 Å². The Morgan fingerprint density at radius 3 is 2.54 bits per heavy atom. The Labute approximate surface area is 203 Å². The minimum Gasteiger partial charge on any atom is -0.461 e. The molecule has 0 aliphatic carbocycles. The lowest BCUT2D eigenvalue weighted by molar-refractivity contribution is -0.158. The number of ether oxygens (including phenoxy) is 2. The van der Waals surface area contributed by atoms with Gasteiger partial charge in [-0.2, -0.15) is 4.79 Å². The molecule has 35 heavy (non-hydrogen) atoms. The maximum absolute atomic E-state index is 13.2. The number of aromatic amines is 1. The van der Waals surface area contributed by atoms with E-state index in [1.807, 2.05) is 24.3 Å². The van der Waals surface area contributed by atoms with E-state index in [0.717, 1.165) is 22.7 Å². The molecule has 0 spiro atoms. The summed E-state index contributed by atoms with van der Waals surface area (Å²) in [5, 5.41) is 3.44. The zero-order valence-electron chi connectivity index (χ0n) is 20.3. The molecule has 2 N–H and O–H groups in total. The number of Topliss-reactive ketones (excluding diaryl/α,β-unsaturated/α-hetero) is 1. The highest BCUT2D eigenvalue weighted by Crippen LogP contribution is 2.20. The van der Waals surface area contributed by atoms with Gasteiger partial charge in [0.1, 0.15) is 6.04 Å². The summed E-state index contributed by atoms with van der Waals surface area (Å²) in [4.78, 5) is 57.4. The Morgan fingerprint density at radius 1 is 1.17 bits per heavy atom. The van der Waals surface area contributed by atoms with Crippen LogP contribution in [0.5, 0.6) is 0 Å². The molecule has 0 aliphatic rings. The highest BCUT2D eigenvalue weighted by Gasteiger charge is 2.30. The van der Waals surface area contributed by atoms with Crippen molar-refractivity contribution in [2.75, 3.05) is 20.6 Å². The predicted molar refractivity (Wildman–Crippen MR) is 128 cm³/mol. The van der Waals surface area contributed by atoms with Gasteiger partial charge in [0.05, 0.1) is 12.6 Å². The molecule has 2 atom stereocenters. The van der Waals surface area contributed by atoms with Crippen molar-refractivity contribution < 1.29 is 33.4 Å². The van der Waals surface area contributed by atoms with Crippen molar-refractivity contribution in [1.82, 2.24) is 15.2 Å². The smallest absolute Gasteiger partial charge is 0.328 e. The molecule has 11 heteroatoms. The molecule has 1 aromatic carbocycles. The molecule has 2 aromatic rings. The van der Waals surface area contributed by atoms with Crippen molar-refractivity contribution in [1.29, 1.82) is 0 Å². The number of hydrogen-bond acceptors (Lipinski definition) is 7. The topological polar surface area (TPSA) is 154 Å². The molecule has 2 rings (SSSR count). The van der Waals surface area contributed by atoms with E-state index in [0.29, 0.717) is 0 Å². The van der Waals surface area contributed by atoms with Crippen LogP contribution in [0.3, 0.4) is 0 Å². The van der Waals surface area contributed by atoms with Gasteiger partial charge in [0, 0.05) is 29.9 Å². The number of benzene rings is 1. The number of nitrogens with zero attached hydrogens (tertiary/aromatic N) is 3. The normalized spacial score (nSPS) is 12.6. The molecule has 188 valence electrons. The highest BCUT2D eigenvalue weighted by atomic mass is 16.6. The average molecular weight is 486 g/mol. The Morgan fingerprint density at radius 2 is 1.89 bits per heavy atom. The van der Waals surface area contributed by atoms with E-state index in [9.17, 15) is 19.2 Å². The van der Waals surface area contributed by atoms with E-state index in [2.05, 4.69) is 15.1 Å². The van der Waals surface area contributed by atoms with Crippen LogP contribution in [0.1, 0.15) is 32.3 Å². The van der Waals surface area contributed by atoms with Gasteiger partial charge in [0.15, 0.2) is 6.10 Å². The summed E-state index contributed by atoms with van der Waals surface area (Å²) in [5.74, 6) is -2.56. The van der Waals surface area contributed by atoms with Gasteiger partial charge in [-0.15, -0.1) is 0 Å². The zero-order valence-corrected chi connectivity index (χ0v) is 20.3. The van der Waals surface area contributed by atoms with Crippen LogP contribution in [0.4, 0.5) is 0 Å². The first-order valence-electron chi connectivity index (χ1n) is 11.2. The van der Waals surface area contributed by atoms with Crippen LogP contribution >= 0.6 is 0 Å². The van der Waals surface area contributed by atoms with Crippen LogP contribution in [0.2, 0.25) is 0 Å². The van der Waals surface area contributed by atoms with Crippen molar-refractivity contribution in [3.05, 3.63) is 41.6 Å². The van der Waals surface area contributed by atoms with Crippen molar-refractivity contribution in [3.8, 4) is 0 Å².